The summed E-state index contributed by atoms with van der Waals surface area (Å²) >= 11 is 0. The monoisotopic (exact) mass is 362 g/mol. The van der Waals surface area contributed by atoms with Crippen LogP contribution in [0.25, 0.3) is 0 Å². The van der Waals surface area contributed by atoms with Gasteiger partial charge in [0.05, 0.1) is 12.2 Å². The maximum absolute atomic E-state index is 12.3. The molecule has 0 heterocycles. The molecular weight excluding hydrogens is 340 g/mol. The summed E-state index contributed by atoms with van der Waals surface area (Å²) < 4.78 is 16.5. The van der Waals surface area contributed by atoms with Crippen molar-refractivity contribution in [3.8, 4) is 17.2 Å². The lowest BCUT2D eigenvalue weighted by molar-refractivity contribution is 0.0734. The number of hydrogen-bond acceptors (Lipinski definition) is 4. The molecule has 27 heavy (non-hydrogen) atoms. The summed E-state index contributed by atoms with van der Waals surface area (Å²) in [5.41, 5.74) is 2.66. The molecule has 3 aromatic rings. The van der Waals surface area contributed by atoms with Gasteiger partial charge in [-0.3, -0.25) is 0 Å². The average Bonchev–Trinajstić information content (AvgIpc) is 2.70. The second-order valence-electron chi connectivity index (χ2n) is 6.09. The van der Waals surface area contributed by atoms with Gasteiger partial charge in [-0.15, -0.1) is 0 Å². The van der Waals surface area contributed by atoms with Gasteiger partial charge >= 0.3 is 5.97 Å². The van der Waals surface area contributed by atoms with E-state index in [1.807, 2.05) is 50.2 Å². The van der Waals surface area contributed by atoms with Crippen molar-refractivity contribution in [2.75, 3.05) is 6.61 Å². The Labute approximate surface area is 159 Å². The van der Waals surface area contributed by atoms with Crippen LogP contribution in [-0.2, 0) is 6.61 Å². The molecule has 0 fully saturated rings. The first-order valence-corrected chi connectivity index (χ1v) is 8.87. The second kappa shape index (κ2) is 8.90. The van der Waals surface area contributed by atoms with Crippen LogP contribution in [0.5, 0.6) is 17.2 Å². The highest BCUT2D eigenvalue weighted by Gasteiger charge is 2.09. The Morgan fingerprint density at radius 1 is 0.741 bits per heavy atom. The van der Waals surface area contributed by atoms with Crippen LogP contribution in [0.15, 0.2) is 72.8 Å². The number of rotatable bonds is 7. The van der Waals surface area contributed by atoms with E-state index in [9.17, 15) is 4.79 Å². The lowest BCUT2D eigenvalue weighted by atomic mass is 10.1. The fourth-order valence-corrected chi connectivity index (χ4v) is 2.47. The number of benzene rings is 3. The Bertz CT molecular complexity index is 866. The van der Waals surface area contributed by atoms with Gasteiger partial charge in [-0.2, -0.15) is 0 Å². The van der Waals surface area contributed by atoms with E-state index in [0.29, 0.717) is 24.5 Å². The summed E-state index contributed by atoms with van der Waals surface area (Å²) in [5.74, 6) is 1.65. The van der Waals surface area contributed by atoms with Crippen LogP contribution in [0.2, 0.25) is 0 Å². The molecule has 0 aliphatic rings. The van der Waals surface area contributed by atoms with E-state index in [2.05, 4.69) is 0 Å². The molecule has 0 atom stereocenters. The maximum atomic E-state index is 12.3. The van der Waals surface area contributed by atoms with Crippen LogP contribution in [0.3, 0.4) is 0 Å². The van der Waals surface area contributed by atoms with Crippen LogP contribution in [0.4, 0.5) is 0 Å². The molecule has 4 nitrogen and oxygen atoms in total. The summed E-state index contributed by atoms with van der Waals surface area (Å²) in [4.78, 5) is 12.3. The van der Waals surface area contributed by atoms with Crippen molar-refractivity contribution >= 4 is 5.97 Å². The Morgan fingerprint density at radius 3 is 1.93 bits per heavy atom. The van der Waals surface area contributed by atoms with Gasteiger partial charge in [0.1, 0.15) is 23.9 Å². The van der Waals surface area contributed by atoms with Crippen molar-refractivity contribution < 1.29 is 19.0 Å². The SMILES string of the molecule is CCOc1ccc(OC(=O)c2ccc(COc3ccc(C)cc3)cc2)cc1. The summed E-state index contributed by atoms with van der Waals surface area (Å²) in [7, 11) is 0. The lowest BCUT2D eigenvalue weighted by Gasteiger charge is -2.08. The van der Waals surface area contributed by atoms with Crippen LogP contribution in [0, 0.1) is 6.92 Å². The van der Waals surface area contributed by atoms with Crippen LogP contribution in [-0.4, -0.2) is 12.6 Å². The number of esters is 1. The summed E-state index contributed by atoms with van der Waals surface area (Å²) in [6.45, 7) is 4.99. The fourth-order valence-electron chi connectivity index (χ4n) is 2.47. The molecule has 0 amide bonds. The van der Waals surface area contributed by atoms with Gasteiger partial charge in [0.2, 0.25) is 0 Å². The first-order valence-electron chi connectivity index (χ1n) is 8.87. The smallest absolute Gasteiger partial charge is 0.343 e. The van der Waals surface area contributed by atoms with Crippen LogP contribution < -0.4 is 14.2 Å². The highest BCUT2D eigenvalue weighted by molar-refractivity contribution is 5.91. The normalized spacial score (nSPS) is 10.3. The molecule has 138 valence electrons. The number of aryl methyl sites for hydroxylation is 1. The molecular formula is C23H22O4. The minimum atomic E-state index is -0.398. The number of hydrogen-bond donors (Lipinski definition) is 0. The molecule has 4 heteroatoms. The summed E-state index contributed by atoms with van der Waals surface area (Å²) in [5, 5.41) is 0. The van der Waals surface area contributed by atoms with E-state index >= 15 is 0 Å². The fraction of sp³-hybridized carbons (Fsp3) is 0.174. The largest absolute Gasteiger partial charge is 0.494 e. The third-order valence-corrected chi connectivity index (χ3v) is 3.96. The Morgan fingerprint density at radius 2 is 1.30 bits per heavy atom. The average molecular weight is 362 g/mol. The zero-order chi connectivity index (χ0) is 19.1. The van der Waals surface area contributed by atoms with Crippen molar-refractivity contribution in [3.63, 3.8) is 0 Å². The lowest BCUT2D eigenvalue weighted by Crippen LogP contribution is -2.08. The molecule has 0 saturated heterocycles. The van der Waals surface area contributed by atoms with E-state index in [1.165, 1.54) is 5.56 Å². The molecule has 3 rings (SSSR count). The van der Waals surface area contributed by atoms with E-state index in [4.69, 9.17) is 14.2 Å². The van der Waals surface area contributed by atoms with Gasteiger partial charge in [-0.1, -0.05) is 29.8 Å². The number of carbonyl (C=O) groups is 1. The Balaban J connectivity index is 1.55. The zero-order valence-corrected chi connectivity index (χ0v) is 15.5. The molecule has 0 aliphatic carbocycles. The minimum Gasteiger partial charge on any atom is -0.494 e. The predicted octanol–water partition coefficient (Wildman–Crippen LogP) is 5.19. The van der Waals surface area contributed by atoms with E-state index in [-0.39, 0.29) is 0 Å². The van der Waals surface area contributed by atoms with Crippen molar-refractivity contribution in [1.82, 2.24) is 0 Å². The van der Waals surface area contributed by atoms with Gasteiger partial charge < -0.3 is 14.2 Å². The highest BCUT2D eigenvalue weighted by atomic mass is 16.5. The van der Waals surface area contributed by atoms with Crippen molar-refractivity contribution in [1.29, 1.82) is 0 Å². The maximum Gasteiger partial charge on any atom is 0.343 e. The van der Waals surface area contributed by atoms with Gasteiger partial charge in [0.25, 0.3) is 0 Å². The zero-order valence-electron chi connectivity index (χ0n) is 15.5. The van der Waals surface area contributed by atoms with Gasteiger partial charge in [-0.25, -0.2) is 4.79 Å². The van der Waals surface area contributed by atoms with E-state index < -0.39 is 5.97 Å². The standard InChI is InChI=1S/C23H22O4/c1-3-25-20-12-14-22(15-13-20)27-23(24)19-8-6-18(7-9-19)16-26-21-10-4-17(2)5-11-21/h4-15H,3,16H2,1-2H3. The molecule has 0 radical (unpaired) electrons. The minimum absolute atomic E-state index is 0.398. The summed E-state index contributed by atoms with van der Waals surface area (Å²) in [6, 6.07) is 22.1. The van der Waals surface area contributed by atoms with Gasteiger partial charge in [0, 0.05) is 0 Å². The summed E-state index contributed by atoms with van der Waals surface area (Å²) in [6.07, 6.45) is 0. The van der Waals surface area contributed by atoms with Crippen molar-refractivity contribution in [2.24, 2.45) is 0 Å². The van der Waals surface area contributed by atoms with Crippen molar-refractivity contribution in [3.05, 3.63) is 89.5 Å². The molecule has 0 N–H and O–H groups in total. The number of ether oxygens (including phenoxy) is 3. The molecule has 0 aromatic heterocycles. The van der Waals surface area contributed by atoms with Gasteiger partial charge in [0.15, 0.2) is 0 Å². The Hall–Kier alpha value is -3.27. The first kappa shape index (κ1) is 18.5. The molecule has 3 aromatic carbocycles. The van der Waals surface area contributed by atoms with E-state index in [0.717, 1.165) is 17.1 Å². The van der Waals surface area contributed by atoms with E-state index in [1.54, 1.807) is 36.4 Å². The molecule has 0 aliphatic heterocycles. The third-order valence-electron chi connectivity index (χ3n) is 3.96. The molecule has 0 spiro atoms. The first-order chi connectivity index (χ1) is 13.1. The topological polar surface area (TPSA) is 44.8 Å². The van der Waals surface area contributed by atoms with Crippen LogP contribution >= 0.6 is 0 Å². The Kier molecular flexibility index (Phi) is 6.10. The second-order valence-corrected chi connectivity index (χ2v) is 6.09. The molecule has 0 bridgehead atoms. The quantitative estimate of drug-likeness (QED) is 0.428. The van der Waals surface area contributed by atoms with Crippen molar-refractivity contribution in [2.45, 2.75) is 20.5 Å². The molecule has 0 unspecified atom stereocenters. The van der Waals surface area contributed by atoms with Gasteiger partial charge in [-0.05, 0) is 67.9 Å². The highest BCUT2D eigenvalue weighted by Crippen LogP contribution is 2.19. The third kappa shape index (κ3) is 5.35. The van der Waals surface area contributed by atoms with Crippen LogP contribution in [0.1, 0.15) is 28.4 Å². The predicted molar refractivity (Wildman–Crippen MR) is 105 cm³/mol. The number of carbonyl (C=O) groups excluding carboxylic acids is 1. The molecule has 0 saturated carbocycles.